The zero-order valence-electron chi connectivity index (χ0n) is 9.11. The van der Waals surface area contributed by atoms with Crippen LogP contribution in [-0.2, 0) is 9.13 Å². The van der Waals surface area contributed by atoms with E-state index in [1.807, 2.05) is 0 Å². The van der Waals surface area contributed by atoms with Crippen LogP contribution in [0.3, 0.4) is 0 Å². The second-order valence-electron chi connectivity index (χ2n) is 3.03. The van der Waals surface area contributed by atoms with Gasteiger partial charge in [0.05, 0.1) is 0 Å². The van der Waals surface area contributed by atoms with Crippen molar-refractivity contribution in [1.82, 2.24) is 0 Å². The van der Waals surface area contributed by atoms with Gasteiger partial charge in [-0.25, -0.2) is 0 Å². The summed E-state index contributed by atoms with van der Waals surface area (Å²) in [5.41, 5.74) is 0. The van der Waals surface area contributed by atoms with Crippen molar-refractivity contribution >= 4 is 15.6 Å². The van der Waals surface area contributed by atoms with Crippen molar-refractivity contribution < 1.29 is 34.0 Å². The Morgan fingerprint density at radius 2 is 1.69 bits per heavy atom. The molecule has 0 aliphatic carbocycles. The van der Waals surface area contributed by atoms with E-state index in [4.69, 9.17) is 24.9 Å². The first-order chi connectivity index (χ1) is 7.31. The summed E-state index contributed by atoms with van der Waals surface area (Å²) in [4.78, 5) is 25.6. The normalized spacial score (nSPS) is 14.9. The van der Waals surface area contributed by atoms with Gasteiger partial charge in [-0.3, -0.25) is 9.13 Å². The molecule has 0 saturated carbocycles. The summed E-state index contributed by atoms with van der Waals surface area (Å²) >= 11 is 0. The molecule has 0 radical (unpaired) electrons. The molecule has 9 heteroatoms. The number of aliphatic hydroxyl groups excluding tert-OH is 2. The third kappa shape index (κ3) is 10.8. The van der Waals surface area contributed by atoms with Gasteiger partial charge in [0.25, 0.3) is 0 Å². The second-order valence-corrected chi connectivity index (χ2v) is 6.69. The largest absolute Gasteiger partial charge is 0.396 e. The van der Waals surface area contributed by atoms with Crippen LogP contribution in [0.4, 0.5) is 0 Å². The SMILES string of the molecule is CCCC([PH](=O)O)P(=O)(O)O.OCCCO. The van der Waals surface area contributed by atoms with E-state index in [-0.39, 0.29) is 19.6 Å². The number of aliphatic hydroxyl groups is 2. The van der Waals surface area contributed by atoms with E-state index in [2.05, 4.69) is 0 Å². The molecule has 0 aromatic heterocycles. The predicted molar refractivity (Wildman–Crippen MR) is 60.7 cm³/mol. The van der Waals surface area contributed by atoms with Gasteiger partial charge in [-0.1, -0.05) is 13.3 Å². The first-order valence-electron chi connectivity index (χ1n) is 4.80. The highest BCUT2D eigenvalue weighted by Gasteiger charge is 2.32. The summed E-state index contributed by atoms with van der Waals surface area (Å²) in [5, 5.41) is 14.5. The molecule has 16 heavy (non-hydrogen) atoms. The molecule has 100 valence electrons. The summed E-state index contributed by atoms with van der Waals surface area (Å²) < 4.78 is 21.0. The Morgan fingerprint density at radius 1 is 1.25 bits per heavy atom. The van der Waals surface area contributed by atoms with Gasteiger partial charge < -0.3 is 24.9 Å². The number of hydrogen-bond acceptors (Lipinski definition) is 4. The molecule has 0 spiro atoms. The fraction of sp³-hybridized carbons (Fsp3) is 1.00. The third-order valence-electron chi connectivity index (χ3n) is 1.57. The Morgan fingerprint density at radius 3 is 1.75 bits per heavy atom. The lowest BCUT2D eigenvalue weighted by atomic mass is 10.4. The molecular formula is C7H20O7P2. The highest BCUT2D eigenvalue weighted by atomic mass is 31.2. The van der Waals surface area contributed by atoms with E-state index in [9.17, 15) is 9.13 Å². The maximum Gasteiger partial charge on any atom is 0.337 e. The van der Waals surface area contributed by atoms with Gasteiger partial charge in [0.15, 0.2) is 0 Å². The zero-order valence-corrected chi connectivity index (χ0v) is 11.0. The van der Waals surface area contributed by atoms with E-state index in [0.717, 1.165) is 0 Å². The fourth-order valence-corrected chi connectivity index (χ4v) is 3.06. The highest BCUT2D eigenvalue weighted by Crippen LogP contribution is 2.53. The minimum absolute atomic E-state index is 0.0938. The van der Waals surface area contributed by atoms with Gasteiger partial charge in [-0.2, -0.15) is 0 Å². The molecule has 0 fully saturated rings. The number of rotatable bonds is 6. The smallest absolute Gasteiger partial charge is 0.337 e. The first kappa shape index (κ1) is 18.6. The standard InChI is InChI=1S/C4H12O5P2.C3H8O2/c1-2-3-4(10(5)6)11(7,8)9;4-2-1-3-5/h4,10H,2-3H2,1H3,(H,5,6)(H2,7,8,9);4-5H,1-3H2. The summed E-state index contributed by atoms with van der Waals surface area (Å²) in [7, 11) is -7.47. The van der Waals surface area contributed by atoms with Crippen LogP contribution in [0.15, 0.2) is 0 Å². The molecular weight excluding hydrogens is 258 g/mol. The van der Waals surface area contributed by atoms with Crippen molar-refractivity contribution in [3.63, 3.8) is 0 Å². The van der Waals surface area contributed by atoms with Gasteiger partial charge in [0.1, 0.15) is 5.40 Å². The Bertz CT molecular complexity index is 225. The molecule has 0 amide bonds. The fourth-order valence-electron chi connectivity index (χ4n) is 0.780. The van der Waals surface area contributed by atoms with Crippen LogP contribution in [0.5, 0.6) is 0 Å². The molecule has 0 heterocycles. The molecule has 0 saturated heterocycles. The molecule has 0 aromatic rings. The molecule has 0 aliphatic rings. The number of hydrogen-bond donors (Lipinski definition) is 5. The molecule has 5 N–H and O–H groups in total. The van der Waals surface area contributed by atoms with Gasteiger partial charge >= 0.3 is 7.60 Å². The maximum absolute atomic E-state index is 10.5. The quantitative estimate of drug-likeness (QED) is 0.435. The van der Waals surface area contributed by atoms with E-state index >= 15 is 0 Å². The molecule has 0 aromatic carbocycles. The Kier molecular flexibility index (Phi) is 12.1. The van der Waals surface area contributed by atoms with Crippen molar-refractivity contribution in [2.24, 2.45) is 0 Å². The van der Waals surface area contributed by atoms with Crippen LogP contribution >= 0.6 is 15.6 Å². The molecule has 2 atom stereocenters. The minimum atomic E-state index is -4.37. The molecule has 2 unspecified atom stereocenters. The first-order valence-corrected chi connectivity index (χ1v) is 7.92. The molecule has 0 aliphatic heterocycles. The molecule has 0 bridgehead atoms. The van der Waals surface area contributed by atoms with Crippen LogP contribution in [0.2, 0.25) is 0 Å². The van der Waals surface area contributed by atoms with Crippen molar-refractivity contribution in [3.05, 3.63) is 0 Å². The Hall–Kier alpha value is 0.260. The molecule has 7 nitrogen and oxygen atoms in total. The monoisotopic (exact) mass is 278 g/mol. The predicted octanol–water partition coefficient (Wildman–Crippen LogP) is 0.118. The zero-order chi connectivity index (χ0) is 13.2. The van der Waals surface area contributed by atoms with Gasteiger partial charge in [-0.15, -0.1) is 0 Å². The van der Waals surface area contributed by atoms with Crippen LogP contribution in [0.1, 0.15) is 26.2 Å². The minimum Gasteiger partial charge on any atom is -0.396 e. The van der Waals surface area contributed by atoms with Crippen molar-refractivity contribution in [2.75, 3.05) is 13.2 Å². The van der Waals surface area contributed by atoms with Crippen LogP contribution < -0.4 is 0 Å². The van der Waals surface area contributed by atoms with Gasteiger partial charge in [0, 0.05) is 13.2 Å². The summed E-state index contributed by atoms with van der Waals surface area (Å²) in [6.07, 6.45) is 1.09. The van der Waals surface area contributed by atoms with Gasteiger partial charge in [-0.05, 0) is 12.8 Å². The summed E-state index contributed by atoms with van der Waals surface area (Å²) in [6, 6.07) is 0. The maximum atomic E-state index is 10.5. The van der Waals surface area contributed by atoms with Gasteiger partial charge in [0.2, 0.25) is 8.03 Å². The van der Waals surface area contributed by atoms with E-state index in [0.29, 0.717) is 12.8 Å². The van der Waals surface area contributed by atoms with Crippen LogP contribution in [0.25, 0.3) is 0 Å². The average Bonchev–Trinajstić information content (AvgIpc) is 2.14. The van der Waals surface area contributed by atoms with Crippen molar-refractivity contribution in [1.29, 1.82) is 0 Å². The Labute approximate surface area is 95.2 Å². The van der Waals surface area contributed by atoms with Crippen LogP contribution in [0, 0.1) is 0 Å². The summed E-state index contributed by atoms with van der Waals surface area (Å²) in [6.45, 7) is 1.89. The second kappa shape index (κ2) is 10.4. The van der Waals surface area contributed by atoms with E-state index in [1.54, 1.807) is 6.92 Å². The highest BCUT2D eigenvalue weighted by molar-refractivity contribution is 7.65. The lowest BCUT2D eigenvalue weighted by molar-refractivity contribution is 0.221. The van der Waals surface area contributed by atoms with E-state index in [1.165, 1.54) is 0 Å². The van der Waals surface area contributed by atoms with Crippen LogP contribution in [-0.4, -0.2) is 43.5 Å². The van der Waals surface area contributed by atoms with Crippen molar-refractivity contribution in [2.45, 2.75) is 31.6 Å². The Balaban J connectivity index is 0. The molecule has 0 rings (SSSR count). The van der Waals surface area contributed by atoms with E-state index < -0.39 is 21.0 Å². The topological polar surface area (TPSA) is 135 Å². The lowest BCUT2D eigenvalue weighted by Gasteiger charge is -2.13. The lowest BCUT2D eigenvalue weighted by Crippen LogP contribution is -2.02. The van der Waals surface area contributed by atoms with Crippen molar-refractivity contribution in [3.8, 4) is 0 Å². The average molecular weight is 278 g/mol. The third-order valence-corrected chi connectivity index (χ3v) is 5.17. The summed E-state index contributed by atoms with van der Waals surface area (Å²) in [5.74, 6) is 0.